The molecule has 2 rings (SSSR count). The molecular formula is C12H24N6. The van der Waals surface area contributed by atoms with Gasteiger partial charge in [-0.1, -0.05) is 13.3 Å². The SMILES string of the molecule is CCCCn1nnnc1CN1C(C)CNCC1C. The summed E-state index contributed by atoms with van der Waals surface area (Å²) < 4.78 is 1.95. The first-order valence-electron chi connectivity index (χ1n) is 6.94. The molecule has 6 heteroatoms. The average Bonchev–Trinajstić information content (AvgIpc) is 2.79. The number of nitrogens with one attached hydrogen (secondary N) is 1. The minimum atomic E-state index is 0.532. The van der Waals surface area contributed by atoms with E-state index >= 15 is 0 Å². The van der Waals surface area contributed by atoms with Crippen molar-refractivity contribution in [1.82, 2.24) is 30.4 Å². The lowest BCUT2D eigenvalue weighted by atomic mass is 10.1. The van der Waals surface area contributed by atoms with Gasteiger partial charge in [0.05, 0.1) is 6.54 Å². The molecule has 2 heterocycles. The molecule has 1 aliphatic rings. The molecule has 0 aliphatic carbocycles. The molecule has 102 valence electrons. The molecular weight excluding hydrogens is 228 g/mol. The molecule has 0 aromatic carbocycles. The molecule has 2 atom stereocenters. The van der Waals surface area contributed by atoms with Crippen LogP contribution < -0.4 is 5.32 Å². The van der Waals surface area contributed by atoms with Crippen LogP contribution >= 0.6 is 0 Å². The molecule has 2 unspecified atom stereocenters. The molecule has 1 aromatic heterocycles. The second-order valence-electron chi connectivity index (χ2n) is 5.20. The maximum absolute atomic E-state index is 4.17. The first-order valence-corrected chi connectivity index (χ1v) is 6.94. The number of aryl methyl sites for hydroxylation is 1. The van der Waals surface area contributed by atoms with Crippen LogP contribution in [-0.4, -0.2) is 50.3 Å². The number of piperazine rings is 1. The Labute approximate surface area is 109 Å². The van der Waals surface area contributed by atoms with E-state index in [2.05, 4.69) is 46.5 Å². The van der Waals surface area contributed by atoms with Gasteiger partial charge in [0.2, 0.25) is 0 Å². The highest BCUT2D eigenvalue weighted by Gasteiger charge is 2.26. The fourth-order valence-corrected chi connectivity index (χ4v) is 2.46. The van der Waals surface area contributed by atoms with Crippen molar-refractivity contribution in [3.05, 3.63) is 5.82 Å². The minimum Gasteiger partial charge on any atom is -0.314 e. The summed E-state index contributed by atoms with van der Waals surface area (Å²) in [6, 6.07) is 1.06. The van der Waals surface area contributed by atoms with E-state index in [-0.39, 0.29) is 0 Å². The molecule has 18 heavy (non-hydrogen) atoms. The molecule has 1 aliphatic heterocycles. The molecule has 0 amide bonds. The summed E-state index contributed by atoms with van der Waals surface area (Å²) in [6.07, 6.45) is 2.30. The third kappa shape index (κ3) is 3.05. The van der Waals surface area contributed by atoms with Crippen LogP contribution in [0.15, 0.2) is 0 Å². The lowest BCUT2D eigenvalue weighted by Crippen LogP contribution is -2.54. The van der Waals surface area contributed by atoms with E-state index in [1.165, 1.54) is 6.42 Å². The summed E-state index contributed by atoms with van der Waals surface area (Å²) in [5.41, 5.74) is 0. The standard InChI is InChI=1S/C12H24N6/c1-4-5-6-18-12(14-15-16-18)9-17-10(2)7-13-8-11(17)3/h10-11,13H,4-9H2,1-3H3. The zero-order valence-corrected chi connectivity index (χ0v) is 11.6. The molecule has 0 saturated carbocycles. The molecule has 1 saturated heterocycles. The number of tetrazole rings is 1. The average molecular weight is 252 g/mol. The van der Waals surface area contributed by atoms with Crippen molar-refractivity contribution in [3.8, 4) is 0 Å². The highest BCUT2D eigenvalue weighted by molar-refractivity contribution is 4.89. The van der Waals surface area contributed by atoms with Crippen LogP contribution in [0.1, 0.15) is 39.4 Å². The molecule has 1 N–H and O–H groups in total. The summed E-state index contributed by atoms with van der Waals surface area (Å²) in [7, 11) is 0. The number of hydrogen-bond donors (Lipinski definition) is 1. The lowest BCUT2D eigenvalue weighted by molar-refractivity contribution is 0.103. The normalized spacial score (nSPS) is 25.5. The molecule has 6 nitrogen and oxygen atoms in total. The fraction of sp³-hybridized carbons (Fsp3) is 0.917. The Bertz CT molecular complexity index is 353. The molecule has 1 aromatic rings. The van der Waals surface area contributed by atoms with E-state index in [9.17, 15) is 0 Å². The molecule has 0 radical (unpaired) electrons. The maximum atomic E-state index is 4.17. The van der Waals surface area contributed by atoms with Crippen LogP contribution in [0, 0.1) is 0 Å². The predicted molar refractivity (Wildman–Crippen MR) is 70.1 cm³/mol. The van der Waals surface area contributed by atoms with Crippen molar-refractivity contribution in [3.63, 3.8) is 0 Å². The van der Waals surface area contributed by atoms with Gasteiger partial charge in [0, 0.05) is 31.7 Å². The maximum Gasteiger partial charge on any atom is 0.165 e. The zero-order valence-electron chi connectivity index (χ0n) is 11.6. The Kier molecular flexibility index (Phi) is 4.66. The third-order valence-electron chi connectivity index (χ3n) is 3.67. The van der Waals surface area contributed by atoms with E-state index in [1.54, 1.807) is 0 Å². The first kappa shape index (κ1) is 13.4. The van der Waals surface area contributed by atoms with Crippen LogP contribution in [0.5, 0.6) is 0 Å². The largest absolute Gasteiger partial charge is 0.314 e. The highest BCUT2D eigenvalue weighted by Crippen LogP contribution is 2.13. The monoisotopic (exact) mass is 252 g/mol. The second kappa shape index (κ2) is 6.24. The third-order valence-corrected chi connectivity index (χ3v) is 3.67. The fourth-order valence-electron chi connectivity index (χ4n) is 2.46. The molecule has 0 spiro atoms. The Morgan fingerprint density at radius 1 is 1.28 bits per heavy atom. The van der Waals surface area contributed by atoms with Crippen molar-refractivity contribution >= 4 is 0 Å². The van der Waals surface area contributed by atoms with Gasteiger partial charge in [-0.15, -0.1) is 5.10 Å². The van der Waals surface area contributed by atoms with Gasteiger partial charge in [0.1, 0.15) is 0 Å². The Balaban J connectivity index is 2.01. The van der Waals surface area contributed by atoms with Crippen molar-refractivity contribution < 1.29 is 0 Å². The summed E-state index contributed by atoms with van der Waals surface area (Å²) in [5, 5.41) is 15.5. The summed E-state index contributed by atoms with van der Waals surface area (Å²) in [6.45, 7) is 10.5. The molecule has 1 fully saturated rings. The predicted octanol–water partition coefficient (Wildman–Crippen LogP) is 0.655. The van der Waals surface area contributed by atoms with E-state index in [0.717, 1.165) is 38.4 Å². The van der Waals surface area contributed by atoms with Gasteiger partial charge < -0.3 is 5.32 Å². The Hall–Kier alpha value is -1.01. The van der Waals surface area contributed by atoms with Crippen LogP contribution in [0.4, 0.5) is 0 Å². The zero-order chi connectivity index (χ0) is 13.0. The van der Waals surface area contributed by atoms with E-state index < -0.39 is 0 Å². The van der Waals surface area contributed by atoms with Gasteiger partial charge in [-0.2, -0.15) is 0 Å². The number of rotatable bonds is 5. The Morgan fingerprint density at radius 3 is 2.67 bits per heavy atom. The topological polar surface area (TPSA) is 58.9 Å². The van der Waals surface area contributed by atoms with Gasteiger partial charge in [-0.3, -0.25) is 4.90 Å². The Morgan fingerprint density at radius 2 is 2.00 bits per heavy atom. The van der Waals surface area contributed by atoms with Crippen molar-refractivity contribution in [2.24, 2.45) is 0 Å². The van der Waals surface area contributed by atoms with Gasteiger partial charge in [-0.05, 0) is 30.7 Å². The van der Waals surface area contributed by atoms with Gasteiger partial charge in [0.25, 0.3) is 0 Å². The quantitative estimate of drug-likeness (QED) is 0.834. The summed E-state index contributed by atoms with van der Waals surface area (Å²) in [5.74, 6) is 0.990. The van der Waals surface area contributed by atoms with Crippen LogP contribution in [0.3, 0.4) is 0 Å². The van der Waals surface area contributed by atoms with Crippen LogP contribution in [-0.2, 0) is 13.1 Å². The first-order chi connectivity index (χ1) is 8.72. The molecule has 0 bridgehead atoms. The summed E-state index contributed by atoms with van der Waals surface area (Å²) >= 11 is 0. The highest BCUT2D eigenvalue weighted by atomic mass is 15.5. The second-order valence-corrected chi connectivity index (χ2v) is 5.20. The van der Waals surface area contributed by atoms with Gasteiger partial charge in [0.15, 0.2) is 5.82 Å². The van der Waals surface area contributed by atoms with E-state index in [1.807, 2.05) is 4.68 Å². The van der Waals surface area contributed by atoms with Gasteiger partial charge >= 0.3 is 0 Å². The lowest BCUT2D eigenvalue weighted by Gasteiger charge is -2.38. The smallest absolute Gasteiger partial charge is 0.165 e. The van der Waals surface area contributed by atoms with Crippen LogP contribution in [0.25, 0.3) is 0 Å². The summed E-state index contributed by atoms with van der Waals surface area (Å²) in [4.78, 5) is 2.48. The van der Waals surface area contributed by atoms with E-state index in [0.29, 0.717) is 12.1 Å². The van der Waals surface area contributed by atoms with E-state index in [4.69, 9.17) is 0 Å². The minimum absolute atomic E-state index is 0.532. The van der Waals surface area contributed by atoms with Crippen LogP contribution in [0.2, 0.25) is 0 Å². The number of nitrogens with zero attached hydrogens (tertiary/aromatic N) is 5. The van der Waals surface area contributed by atoms with Gasteiger partial charge in [-0.25, -0.2) is 4.68 Å². The number of aromatic nitrogens is 4. The number of hydrogen-bond acceptors (Lipinski definition) is 5. The van der Waals surface area contributed by atoms with Crippen molar-refractivity contribution in [1.29, 1.82) is 0 Å². The van der Waals surface area contributed by atoms with Crippen molar-refractivity contribution in [2.75, 3.05) is 13.1 Å². The number of unbranched alkanes of at least 4 members (excludes halogenated alkanes) is 1. The van der Waals surface area contributed by atoms with Crippen molar-refractivity contribution in [2.45, 2.75) is 58.8 Å².